The molecule has 0 saturated carbocycles. The van der Waals surface area contributed by atoms with Crippen molar-refractivity contribution >= 4 is 23.2 Å². The summed E-state index contributed by atoms with van der Waals surface area (Å²) in [5.74, 6) is 0.858. The monoisotopic (exact) mass is 239 g/mol. The molecule has 1 aliphatic heterocycles. The SMILES string of the molecule is CCOc1cccc2c1CCN2C(=O)CCl. The maximum atomic E-state index is 11.6. The van der Waals surface area contributed by atoms with Gasteiger partial charge in [0.1, 0.15) is 11.6 Å². The molecule has 2 rings (SSSR count). The fraction of sp³-hybridized carbons (Fsp3) is 0.417. The molecule has 1 amide bonds. The number of hydrogen-bond donors (Lipinski definition) is 0. The molecule has 1 aromatic rings. The van der Waals surface area contributed by atoms with Gasteiger partial charge in [-0.1, -0.05) is 6.07 Å². The Kier molecular flexibility index (Phi) is 3.34. The molecule has 0 N–H and O–H groups in total. The minimum Gasteiger partial charge on any atom is -0.494 e. The molecular formula is C12H14ClNO2. The summed E-state index contributed by atoms with van der Waals surface area (Å²) in [6, 6.07) is 5.79. The van der Waals surface area contributed by atoms with E-state index in [-0.39, 0.29) is 11.8 Å². The average Bonchev–Trinajstić information content (AvgIpc) is 2.73. The first-order chi connectivity index (χ1) is 7.77. The first-order valence-corrected chi connectivity index (χ1v) is 5.92. The molecule has 86 valence electrons. The highest BCUT2D eigenvalue weighted by Crippen LogP contribution is 2.35. The number of halogens is 1. The molecule has 0 spiro atoms. The van der Waals surface area contributed by atoms with Crippen LogP contribution in [0.5, 0.6) is 5.75 Å². The molecule has 0 unspecified atom stereocenters. The molecule has 1 heterocycles. The van der Waals surface area contributed by atoms with Gasteiger partial charge in [0.05, 0.1) is 12.3 Å². The van der Waals surface area contributed by atoms with Crippen LogP contribution in [0.4, 0.5) is 5.69 Å². The number of amides is 1. The summed E-state index contributed by atoms with van der Waals surface area (Å²) < 4.78 is 5.54. The Morgan fingerprint density at radius 3 is 3.06 bits per heavy atom. The molecule has 0 aliphatic carbocycles. The fourth-order valence-corrected chi connectivity index (χ4v) is 2.17. The third-order valence-electron chi connectivity index (χ3n) is 2.70. The maximum absolute atomic E-state index is 11.6. The van der Waals surface area contributed by atoms with E-state index in [2.05, 4.69) is 0 Å². The van der Waals surface area contributed by atoms with E-state index < -0.39 is 0 Å². The highest BCUT2D eigenvalue weighted by atomic mass is 35.5. The van der Waals surface area contributed by atoms with Crippen molar-refractivity contribution < 1.29 is 9.53 Å². The topological polar surface area (TPSA) is 29.5 Å². The Labute approximate surface area is 100.0 Å². The van der Waals surface area contributed by atoms with Gasteiger partial charge in [-0.2, -0.15) is 0 Å². The van der Waals surface area contributed by atoms with Crippen LogP contribution in [0.1, 0.15) is 12.5 Å². The molecule has 1 aromatic carbocycles. The highest BCUT2D eigenvalue weighted by Gasteiger charge is 2.26. The number of carbonyl (C=O) groups is 1. The van der Waals surface area contributed by atoms with Crippen LogP contribution in [0.15, 0.2) is 18.2 Å². The van der Waals surface area contributed by atoms with Crippen LogP contribution in [0.3, 0.4) is 0 Å². The van der Waals surface area contributed by atoms with E-state index in [4.69, 9.17) is 16.3 Å². The van der Waals surface area contributed by atoms with Crippen LogP contribution >= 0.6 is 11.6 Å². The highest BCUT2D eigenvalue weighted by molar-refractivity contribution is 6.29. The summed E-state index contributed by atoms with van der Waals surface area (Å²) in [7, 11) is 0. The number of anilines is 1. The third-order valence-corrected chi connectivity index (χ3v) is 2.93. The second-order valence-corrected chi connectivity index (χ2v) is 3.88. The quantitative estimate of drug-likeness (QED) is 0.757. The van der Waals surface area contributed by atoms with Crippen LogP contribution in [0, 0.1) is 0 Å². The molecule has 0 atom stereocenters. The summed E-state index contributed by atoms with van der Waals surface area (Å²) >= 11 is 5.58. The molecule has 0 radical (unpaired) electrons. The van der Waals surface area contributed by atoms with Crippen LogP contribution in [-0.2, 0) is 11.2 Å². The van der Waals surface area contributed by atoms with Gasteiger partial charge < -0.3 is 9.64 Å². The summed E-state index contributed by atoms with van der Waals surface area (Å²) in [4.78, 5) is 13.3. The number of ether oxygens (including phenoxy) is 1. The molecule has 16 heavy (non-hydrogen) atoms. The van der Waals surface area contributed by atoms with E-state index in [0.29, 0.717) is 13.2 Å². The smallest absolute Gasteiger partial charge is 0.241 e. The molecule has 0 bridgehead atoms. The van der Waals surface area contributed by atoms with Gasteiger partial charge >= 0.3 is 0 Å². The first-order valence-electron chi connectivity index (χ1n) is 5.39. The van der Waals surface area contributed by atoms with Gasteiger partial charge in [0, 0.05) is 12.1 Å². The number of carbonyl (C=O) groups excluding carboxylic acids is 1. The van der Waals surface area contributed by atoms with E-state index in [9.17, 15) is 4.79 Å². The van der Waals surface area contributed by atoms with Crippen molar-refractivity contribution in [3.63, 3.8) is 0 Å². The van der Waals surface area contributed by atoms with Gasteiger partial charge in [0.25, 0.3) is 0 Å². The Bertz CT molecular complexity index is 406. The minimum absolute atomic E-state index is 0.0261. The standard InChI is InChI=1S/C12H14ClNO2/c1-2-16-11-5-3-4-10-9(11)6-7-14(10)12(15)8-13/h3-5H,2,6-8H2,1H3. The molecule has 3 nitrogen and oxygen atoms in total. The molecule has 1 aliphatic rings. The van der Waals surface area contributed by atoms with E-state index in [1.54, 1.807) is 4.90 Å². The number of nitrogens with zero attached hydrogens (tertiary/aromatic N) is 1. The Morgan fingerprint density at radius 2 is 2.38 bits per heavy atom. The van der Waals surface area contributed by atoms with Gasteiger partial charge in [-0.05, 0) is 25.5 Å². The summed E-state index contributed by atoms with van der Waals surface area (Å²) in [5.41, 5.74) is 2.06. The largest absolute Gasteiger partial charge is 0.494 e. The van der Waals surface area contributed by atoms with Crippen molar-refractivity contribution in [1.29, 1.82) is 0 Å². The summed E-state index contributed by atoms with van der Waals surface area (Å²) in [6.07, 6.45) is 0.841. The summed E-state index contributed by atoms with van der Waals surface area (Å²) in [6.45, 7) is 3.29. The lowest BCUT2D eigenvalue weighted by molar-refractivity contribution is -0.116. The Hall–Kier alpha value is -1.22. The lowest BCUT2D eigenvalue weighted by Crippen LogP contribution is -2.29. The number of benzene rings is 1. The number of rotatable bonds is 3. The van der Waals surface area contributed by atoms with Gasteiger partial charge in [-0.25, -0.2) is 0 Å². The lowest BCUT2D eigenvalue weighted by Gasteiger charge is -2.16. The van der Waals surface area contributed by atoms with Gasteiger partial charge in [0.15, 0.2) is 0 Å². The van der Waals surface area contributed by atoms with Crippen LogP contribution in [0.2, 0.25) is 0 Å². The number of hydrogen-bond acceptors (Lipinski definition) is 2. The normalized spacial score (nSPS) is 13.8. The molecule has 0 aromatic heterocycles. The fourth-order valence-electron chi connectivity index (χ4n) is 2.02. The van der Waals surface area contributed by atoms with Crippen molar-refractivity contribution in [2.75, 3.05) is 23.9 Å². The number of fused-ring (bicyclic) bond motifs is 1. The van der Waals surface area contributed by atoms with Gasteiger partial charge in [0.2, 0.25) is 5.91 Å². The van der Waals surface area contributed by atoms with Gasteiger partial charge in [-0.15, -0.1) is 11.6 Å². The van der Waals surface area contributed by atoms with Crippen LogP contribution < -0.4 is 9.64 Å². The third kappa shape index (κ3) is 1.87. The maximum Gasteiger partial charge on any atom is 0.241 e. The Morgan fingerprint density at radius 1 is 1.56 bits per heavy atom. The van der Waals surface area contributed by atoms with Gasteiger partial charge in [-0.3, -0.25) is 4.79 Å². The van der Waals surface area contributed by atoms with E-state index in [1.165, 1.54) is 0 Å². The van der Waals surface area contributed by atoms with Crippen LogP contribution in [-0.4, -0.2) is 24.9 Å². The van der Waals surface area contributed by atoms with Crippen molar-refractivity contribution in [2.45, 2.75) is 13.3 Å². The van der Waals surface area contributed by atoms with E-state index in [0.717, 1.165) is 23.4 Å². The zero-order valence-electron chi connectivity index (χ0n) is 9.20. The first kappa shape index (κ1) is 11.3. The van der Waals surface area contributed by atoms with E-state index in [1.807, 2.05) is 25.1 Å². The van der Waals surface area contributed by atoms with Crippen molar-refractivity contribution in [3.8, 4) is 5.75 Å². The predicted molar refractivity (Wildman–Crippen MR) is 64.4 cm³/mol. The Balaban J connectivity index is 2.33. The average molecular weight is 240 g/mol. The minimum atomic E-state index is -0.0472. The lowest BCUT2D eigenvalue weighted by atomic mass is 10.1. The van der Waals surface area contributed by atoms with Crippen LogP contribution in [0.25, 0.3) is 0 Å². The predicted octanol–water partition coefficient (Wildman–Crippen LogP) is 2.21. The zero-order valence-corrected chi connectivity index (χ0v) is 9.96. The molecule has 4 heteroatoms. The second-order valence-electron chi connectivity index (χ2n) is 3.62. The molecule has 0 fully saturated rings. The van der Waals surface area contributed by atoms with E-state index >= 15 is 0 Å². The zero-order chi connectivity index (χ0) is 11.5. The number of alkyl halides is 1. The van der Waals surface area contributed by atoms with Crippen molar-refractivity contribution in [1.82, 2.24) is 0 Å². The molecular weight excluding hydrogens is 226 g/mol. The second kappa shape index (κ2) is 4.74. The molecule has 0 saturated heterocycles. The van der Waals surface area contributed by atoms with Crippen molar-refractivity contribution in [3.05, 3.63) is 23.8 Å². The van der Waals surface area contributed by atoms with Crippen molar-refractivity contribution in [2.24, 2.45) is 0 Å². The summed E-state index contributed by atoms with van der Waals surface area (Å²) in [5, 5.41) is 0.